The van der Waals surface area contributed by atoms with E-state index in [4.69, 9.17) is 22.3 Å². The third-order valence-electron chi connectivity index (χ3n) is 5.54. The average molecular weight is 421 g/mol. The van der Waals surface area contributed by atoms with Crippen molar-refractivity contribution in [3.63, 3.8) is 0 Å². The van der Waals surface area contributed by atoms with Gasteiger partial charge in [-0.05, 0) is 49.1 Å². The van der Waals surface area contributed by atoms with Crippen molar-refractivity contribution >= 4 is 34.2 Å². The number of rotatable bonds is 4. The first kappa shape index (κ1) is 19.5. The van der Waals surface area contributed by atoms with Gasteiger partial charge in [0.1, 0.15) is 5.82 Å². The summed E-state index contributed by atoms with van der Waals surface area (Å²) in [6, 6.07) is 8.08. The van der Waals surface area contributed by atoms with Crippen LogP contribution in [0.2, 0.25) is 5.02 Å². The second kappa shape index (κ2) is 7.89. The molecule has 0 amide bonds. The van der Waals surface area contributed by atoms with Crippen LogP contribution in [0.25, 0.3) is 0 Å². The maximum atomic E-state index is 14.9. The van der Waals surface area contributed by atoms with Crippen molar-refractivity contribution in [3.05, 3.63) is 58.6 Å². The molecule has 8 heteroatoms. The molecule has 5 nitrogen and oxygen atoms in total. The molecule has 1 saturated carbocycles. The fourth-order valence-corrected chi connectivity index (χ4v) is 5.31. The molecule has 2 heterocycles. The third-order valence-corrected chi connectivity index (χ3v) is 6.72. The van der Waals surface area contributed by atoms with E-state index < -0.39 is 11.8 Å². The number of amidine groups is 1. The van der Waals surface area contributed by atoms with Crippen molar-refractivity contribution in [2.45, 2.75) is 37.5 Å². The SMILES string of the molecule is NC1=N[C@@]2(c3cc(NC(O)c4ccc(Cl)cn4)ccc3F)CCCC[C@H]2CS1. The van der Waals surface area contributed by atoms with E-state index in [2.05, 4.69) is 10.3 Å². The van der Waals surface area contributed by atoms with Crippen LogP contribution in [0.1, 0.15) is 43.2 Å². The van der Waals surface area contributed by atoms with Gasteiger partial charge in [0.15, 0.2) is 11.4 Å². The van der Waals surface area contributed by atoms with Crippen molar-refractivity contribution in [2.24, 2.45) is 16.6 Å². The number of thioether (sulfide) groups is 1. The molecular weight excluding hydrogens is 399 g/mol. The molecular formula is C20H22ClFN4OS. The lowest BCUT2D eigenvalue weighted by molar-refractivity contribution is 0.201. The predicted octanol–water partition coefficient (Wildman–Crippen LogP) is 4.42. The third kappa shape index (κ3) is 3.71. The van der Waals surface area contributed by atoms with Gasteiger partial charge in [0, 0.05) is 23.2 Å². The number of nitrogens with zero attached hydrogens (tertiary/aromatic N) is 2. The quantitative estimate of drug-likeness (QED) is 0.637. The topological polar surface area (TPSA) is 83.5 Å². The van der Waals surface area contributed by atoms with Crippen LogP contribution in [0.5, 0.6) is 0 Å². The Morgan fingerprint density at radius 3 is 2.96 bits per heavy atom. The lowest BCUT2D eigenvalue weighted by Crippen LogP contribution is -2.43. The Kier molecular flexibility index (Phi) is 5.49. The van der Waals surface area contributed by atoms with E-state index in [1.807, 2.05) is 0 Å². The van der Waals surface area contributed by atoms with Crippen molar-refractivity contribution in [3.8, 4) is 0 Å². The van der Waals surface area contributed by atoms with Gasteiger partial charge in [0.2, 0.25) is 0 Å². The zero-order valence-electron chi connectivity index (χ0n) is 15.2. The molecule has 0 radical (unpaired) electrons. The number of aromatic nitrogens is 1. The van der Waals surface area contributed by atoms with Gasteiger partial charge < -0.3 is 16.2 Å². The zero-order chi connectivity index (χ0) is 19.7. The summed E-state index contributed by atoms with van der Waals surface area (Å²) in [5, 5.41) is 14.4. The molecule has 0 saturated heterocycles. The number of pyridine rings is 1. The number of hydrogen-bond donors (Lipinski definition) is 3. The molecule has 0 bridgehead atoms. The fraction of sp³-hybridized carbons (Fsp3) is 0.400. The molecule has 3 atom stereocenters. The Balaban J connectivity index is 1.67. The van der Waals surface area contributed by atoms with E-state index in [1.165, 1.54) is 12.3 Å². The first-order valence-electron chi connectivity index (χ1n) is 9.32. The van der Waals surface area contributed by atoms with Gasteiger partial charge in [-0.1, -0.05) is 36.2 Å². The highest BCUT2D eigenvalue weighted by Crippen LogP contribution is 2.50. The Bertz CT molecular complexity index is 894. The van der Waals surface area contributed by atoms with Crippen LogP contribution in [-0.4, -0.2) is 21.0 Å². The maximum absolute atomic E-state index is 14.9. The zero-order valence-corrected chi connectivity index (χ0v) is 16.8. The Morgan fingerprint density at radius 1 is 1.32 bits per heavy atom. The number of hydrogen-bond acceptors (Lipinski definition) is 6. The number of benzene rings is 1. The van der Waals surface area contributed by atoms with E-state index in [-0.39, 0.29) is 11.7 Å². The summed E-state index contributed by atoms with van der Waals surface area (Å²) < 4.78 is 14.9. The van der Waals surface area contributed by atoms with Crippen LogP contribution in [0.4, 0.5) is 10.1 Å². The van der Waals surface area contributed by atoms with Crippen LogP contribution < -0.4 is 11.1 Å². The summed E-state index contributed by atoms with van der Waals surface area (Å²) in [5.74, 6) is 0.815. The second-order valence-electron chi connectivity index (χ2n) is 7.27. The first-order chi connectivity index (χ1) is 13.5. The molecule has 2 aromatic rings. The van der Waals surface area contributed by atoms with E-state index in [0.717, 1.165) is 31.4 Å². The van der Waals surface area contributed by atoms with E-state index in [1.54, 1.807) is 36.0 Å². The molecule has 28 heavy (non-hydrogen) atoms. The summed E-state index contributed by atoms with van der Waals surface area (Å²) in [6.07, 6.45) is 4.35. The summed E-state index contributed by atoms with van der Waals surface area (Å²) in [7, 11) is 0. The smallest absolute Gasteiger partial charge is 0.168 e. The number of anilines is 1. The standard InChI is InChI=1S/C20H22ClFN4OS/c21-13-4-7-17(24-10-13)18(27)25-14-5-6-16(22)15(9-14)20-8-2-1-3-12(20)11-28-19(23)26-20/h4-7,9-10,12,18,25,27H,1-3,8,11H2,(H2,23,26)/t12-,18?,20-/m0/s1. The van der Waals surface area contributed by atoms with E-state index in [0.29, 0.717) is 27.1 Å². The number of aliphatic imine (C=N–C) groups is 1. The minimum Gasteiger partial charge on any atom is -0.379 e. The number of aliphatic hydroxyl groups is 1. The number of aliphatic hydroxyl groups excluding tert-OH is 1. The van der Waals surface area contributed by atoms with Gasteiger partial charge in [0.05, 0.1) is 16.3 Å². The minimum atomic E-state index is -1.04. The molecule has 1 aromatic carbocycles. The van der Waals surface area contributed by atoms with Crippen LogP contribution >= 0.6 is 23.4 Å². The lowest BCUT2D eigenvalue weighted by Gasteiger charge is -2.44. The van der Waals surface area contributed by atoms with Gasteiger partial charge in [-0.15, -0.1) is 0 Å². The van der Waals surface area contributed by atoms with Gasteiger partial charge >= 0.3 is 0 Å². The Labute approximate surface area is 172 Å². The highest BCUT2D eigenvalue weighted by molar-refractivity contribution is 8.13. The highest BCUT2D eigenvalue weighted by atomic mass is 35.5. The monoisotopic (exact) mass is 420 g/mol. The molecule has 148 valence electrons. The maximum Gasteiger partial charge on any atom is 0.168 e. The number of nitrogens with one attached hydrogen (secondary N) is 1. The molecule has 1 fully saturated rings. The van der Waals surface area contributed by atoms with Crippen molar-refractivity contribution in [2.75, 3.05) is 11.1 Å². The Hall–Kier alpha value is -1.83. The van der Waals surface area contributed by atoms with Crippen LogP contribution in [0, 0.1) is 11.7 Å². The molecule has 1 aromatic heterocycles. The lowest BCUT2D eigenvalue weighted by atomic mass is 9.69. The Morgan fingerprint density at radius 2 is 2.18 bits per heavy atom. The molecule has 1 aliphatic heterocycles. The minimum absolute atomic E-state index is 0.256. The number of halogens is 2. The van der Waals surface area contributed by atoms with Crippen molar-refractivity contribution < 1.29 is 9.50 Å². The molecule has 4 N–H and O–H groups in total. The van der Waals surface area contributed by atoms with E-state index in [9.17, 15) is 9.50 Å². The number of nitrogens with two attached hydrogens (primary N) is 1. The van der Waals surface area contributed by atoms with Gasteiger partial charge in [-0.25, -0.2) is 4.39 Å². The molecule has 2 aliphatic rings. The summed E-state index contributed by atoms with van der Waals surface area (Å²) in [5.41, 5.74) is 6.99. The van der Waals surface area contributed by atoms with Crippen LogP contribution in [0.3, 0.4) is 0 Å². The first-order valence-corrected chi connectivity index (χ1v) is 10.7. The second-order valence-corrected chi connectivity index (χ2v) is 8.75. The largest absolute Gasteiger partial charge is 0.379 e. The molecule has 1 aliphatic carbocycles. The number of fused-ring (bicyclic) bond motifs is 1. The van der Waals surface area contributed by atoms with Crippen LogP contribution in [-0.2, 0) is 5.54 Å². The molecule has 1 unspecified atom stereocenters. The normalized spacial score (nSPS) is 25.5. The predicted molar refractivity (Wildman–Crippen MR) is 112 cm³/mol. The summed E-state index contributed by atoms with van der Waals surface area (Å²) >= 11 is 7.39. The molecule has 0 spiro atoms. The average Bonchev–Trinajstić information content (AvgIpc) is 2.69. The highest BCUT2D eigenvalue weighted by Gasteiger charge is 2.46. The van der Waals surface area contributed by atoms with E-state index >= 15 is 0 Å². The van der Waals surface area contributed by atoms with Gasteiger partial charge in [-0.3, -0.25) is 9.98 Å². The molecule has 4 rings (SSSR count). The summed E-state index contributed by atoms with van der Waals surface area (Å²) in [6.45, 7) is 0. The summed E-state index contributed by atoms with van der Waals surface area (Å²) in [4.78, 5) is 8.87. The van der Waals surface area contributed by atoms with Gasteiger partial charge in [0.25, 0.3) is 0 Å². The fourth-order valence-electron chi connectivity index (χ4n) is 4.15. The van der Waals surface area contributed by atoms with Crippen molar-refractivity contribution in [1.82, 2.24) is 4.98 Å². The van der Waals surface area contributed by atoms with Crippen molar-refractivity contribution in [1.29, 1.82) is 0 Å². The van der Waals surface area contributed by atoms with Crippen LogP contribution in [0.15, 0.2) is 41.5 Å². The van der Waals surface area contributed by atoms with Gasteiger partial charge in [-0.2, -0.15) is 0 Å².